The van der Waals surface area contributed by atoms with Crippen LogP contribution in [0.4, 0.5) is 0 Å². The number of amides is 1. The number of primary amides is 1. The van der Waals surface area contributed by atoms with Crippen molar-refractivity contribution in [3.05, 3.63) is 34.9 Å². The van der Waals surface area contributed by atoms with Crippen LogP contribution in [0.1, 0.15) is 47.2 Å². The van der Waals surface area contributed by atoms with E-state index in [4.69, 9.17) is 5.73 Å². The summed E-state index contributed by atoms with van der Waals surface area (Å²) in [5, 5.41) is 11.5. The van der Waals surface area contributed by atoms with Crippen molar-refractivity contribution in [2.75, 3.05) is 13.6 Å². The molecule has 1 heterocycles. The predicted molar refractivity (Wildman–Crippen MR) is 80.2 cm³/mol. The lowest BCUT2D eigenvalue weighted by molar-refractivity contribution is -0.123. The fourth-order valence-electron chi connectivity index (χ4n) is 5.22. The van der Waals surface area contributed by atoms with Gasteiger partial charge in [0.1, 0.15) is 0 Å². The summed E-state index contributed by atoms with van der Waals surface area (Å²) >= 11 is 0. The number of likely N-dealkylation sites (tertiary alicyclic amines) is 1. The molecule has 3 N–H and O–H groups in total. The second-order valence-electron chi connectivity index (χ2n) is 7.05. The van der Waals surface area contributed by atoms with Crippen molar-refractivity contribution in [2.24, 2.45) is 5.73 Å². The van der Waals surface area contributed by atoms with Gasteiger partial charge in [0.25, 0.3) is 0 Å². The van der Waals surface area contributed by atoms with Crippen LogP contribution in [0.5, 0.6) is 0 Å². The Morgan fingerprint density at radius 2 is 2.19 bits per heavy atom. The zero-order chi connectivity index (χ0) is 14.8. The third-order valence-corrected chi connectivity index (χ3v) is 6.29. The molecular weight excluding hydrogens is 264 g/mol. The topological polar surface area (TPSA) is 66.6 Å². The summed E-state index contributed by atoms with van der Waals surface area (Å²) in [6.07, 6.45) is 4.77. The van der Waals surface area contributed by atoms with Crippen LogP contribution in [0, 0.1) is 0 Å². The highest BCUT2D eigenvalue weighted by Crippen LogP contribution is 2.59. The normalized spacial score (nSPS) is 37.9. The first kappa shape index (κ1) is 13.3. The second kappa shape index (κ2) is 4.08. The second-order valence-corrected chi connectivity index (χ2v) is 7.05. The molecule has 2 aliphatic carbocycles. The van der Waals surface area contributed by atoms with Crippen LogP contribution in [0.25, 0.3) is 0 Å². The van der Waals surface area contributed by atoms with Crippen LogP contribution in [-0.2, 0) is 11.8 Å². The Hall–Kier alpha value is -1.39. The molecule has 3 atom stereocenters. The van der Waals surface area contributed by atoms with Gasteiger partial charge in [-0.25, -0.2) is 0 Å². The first-order valence-corrected chi connectivity index (χ1v) is 7.84. The molecule has 3 aliphatic rings. The minimum atomic E-state index is -0.650. The van der Waals surface area contributed by atoms with E-state index in [-0.39, 0.29) is 17.4 Å². The molecule has 0 spiro atoms. The maximum absolute atomic E-state index is 11.5. The molecule has 4 nitrogen and oxygen atoms in total. The molecule has 112 valence electrons. The van der Waals surface area contributed by atoms with Crippen LogP contribution in [0.3, 0.4) is 0 Å². The lowest BCUT2D eigenvalue weighted by atomic mass is 9.56. The summed E-state index contributed by atoms with van der Waals surface area (Å²) < 4.78 is 0. The Morgan fingerprint density at radius 3 is 2.95 bits per heavy atom. The molecule has 1 amide bonds. The van der Waals surface area contributed by atoms with Crippen molar-refractivity contribution >= 4 is 5.91 Å². The Labute approximate surface area is 124 Å². The summed E-state index contributed by atoms with van der Waals surface area (Å²) in [7, 11) is 2.12. The molecule has 1 unspecified atom stereocenters. The van der Waals surface area contributed by atoms with E-state index < -0.39 is 5.60 Å². The number of carbonyl (C=O) groups excluding carboxylic acids is 1. The van der Waals surface area contributed by atoms with Crippen molar-refractivity contribution in [3.8, 4) is 0 Å². The van der Waals surface area contributed by atoms with E-state index in [1.165, 1.54) is 11.1 Å². The number of benzene rings is 1. The average Bonchev–Trinajstić information content (AvgIpc) is 2.82. The van der Waals surface area contributed by atoms with E-state index in [0.29, 0.717) is 5.56 Å². The van der Waals surface area contributed by atoms with Gasteiger partial charge in [0.05, 0.1) is 5.60 Å². The van der Waals surface area contributed by atoms with Crippen molar-refractivity contribution < 1.29 is 9.90 Å². The molecule has 0 aromatic heterocycles. The molecule has 1 saturated heterocycles. The fraction of sp³-hybridized carbons (Fsp3) is 0.588. The molecule has 21 heavy (non-hydrogen) atoms. The van der Waals surface area contributed by atoms with Crippen LogP contribution in [0.15, 0.2) is 18.2 Å². The molecule has 1 saturated carbocycles. The highest BCUT2D eigenvalue weighted by molar-refractivity contribution is 5.93. The number of nitrogens with zero attached hydrogens (tertiary/aromatic N) is 1. The summed E-state index contributed by atoms with van der Waals surface area (Å²) in [5.74, 6) is -0.384. The van der Waals surface area contributed by atoms with Crippen molar-refractivity contribution in [3.63, 3.8) is 0 Å². The van der Waals surface area contributed by atoms with Gasteiger partial charge in [-0.2, -0.15) is 0 Å². The summed E-state index contributed by atoms with van der Waals surface area (Å²) in [5.41, 5.74) is 7.66. The highest BCUT2D eigenvalue weighted by atomic mass is 16.3. The van der Waals surface area contributed by atoms with Gasteiger partial charge in [0.15, 0.2) is 0 Å². The number of fused-ring (bicyclic) bond motifs is 1. The van der Waals surface area contributed by atoms with Gasteiger partial charge in [-0.05, 0) is 69.0 Å². The average molecular weight is 286 g/mol. The van der Waals surface area contributed by atoms with Crippen LogP contribution in [0.2, 0.25) is 0 Å². The van der Waals surface area contributed by atoms with E-state index >= 15 is 0 Å². The quantitative estimate of drug-likeness (QED) is 0.815. The lowest BCUT2D eigenvalue weighted by Crippen LogP contribution is -2.68. The van der Waals surface area contributed by atoms with Gasteiger partial charge >= 0.3 is 0 Å². The Morgan fingerprint density at radius 1 is 1.38 bits per heavy atom. The highest BCUT2D eigenvalue weighted by Gasteiger charge is 2.64. The SMILES string of the molecule is CN1CCC23CCC[C@@]2(O)[C@H]1Cc1ccc(C(N)=O)cc13. The van der Waals surface area contributed by atoms with Crippen molar-refractivity contribution in [1.82, 2.24) is 4.90 Å². The summed E-state index contributed by atoms with van der Waals surface area (Å²) in [4.78, 5) is 13.8. The first-order chi connectivity index (χ1) is 9.98. The number of nitrogens with two attached hydrogens (primary N) is 1. The van der Waals surface area contributed by atoms with E-state index in [2.05, 4.69) is 11.9 Å². The van der Waals surface area contributed by atoms with E-state index in [1.54, 1.807) is 0 Å². The number of carbonyl (C=O) groups is 1. The number of hydrogen-bond acceptors (Lipinski definition) is 3. The number of hydrogen-bond donors (Lipinski definition) is 2. The predicted octanol–water partition coefficient (Wildman–Crippen LogP) is 1.20. The molecule has 1 aromatic carbocycles. The molecule has 1 aliphatic heterocycles. The Bertz CT molecular complexity index is 629. The summed E-state index contributed by atoms with van der Waals surface area (Å²) in [6.45, 7) is 1.01. The Balaban J connectivity index is 1.95. The zero-order valence-electron chi connectivity index (χ0n) is 12.4. The monoisotopic (exact) mass is 286 g/mol. The van der Waals surface area contributed by atoms with Crippen molar-refractivity contribution in [1.29, 1.82) is 0 Å². The number of rotatable bonds is 1. The van der Waals surface area contributed by atoms with Gasteiger partial charge < -0.3 is 15.7 Å². The minimum absolute atomic E-state index is 0.177. The molecule has 1 aromatic rings. The van der Waals surface area contributed by atoms with Gasteiger partial charge in [-0.15, -0.1) is 0 Å². The Kier molecular flexibility index (Phi) is 2.58. The van der Waals surface area contributed by atoms with Crippen LogP contribution >= 0.6 is 0 Å². The fourth-order valence-corrected chi connectivity index (χ4v) is 5.22. The van der Waals surface area contributed by atoms with Gasteiger partial charge in [-0.3, -0.25) is 4.79 Å². The largest absolute Gasteiger partial charge is 0.387 e. The summed E-state index contributed by atoms with van der Waals surface area (Å²) in [6, 6.07) is 6.02. The third kappa shape index (κ3) is 1.49. The van der Waals surface area contributed by atoms with E-state index in [9.17, 15) is 9.90 Å². The number of aliphatic hydroxyl groups is 1. The lowest BCUT2D eigenvalue weighted by Gasteiger charge is -2.58. The molecule has 4 rings (SSSR count). The maximum atomic E-state index is 11.5. The molecule has 2 bridgehead atoms. The maximum Gasteiger partial charge on any atom is 0.248 e. The number of piperidine rings is 1. The first-order valence-electron chi connectivity index (χ1n) is 7.84. The molecular formula is C17H22N2O2. The standard InChI is InChI=1S/C17H22N2O2/c1-19-8-7-16-5-2-6-17(16,21)14(19)10-11-3-4-12(15(18)20)9-13(11)16/h3-4,9,14,21H,2,5-8,10H2,1H3,(H2,18,20)/t14-,16?,17-/m1/s1. The zero-order valence-corrected chi connectivity index (χ0v) is 12.4. The van der Waals surface area contributed by atoms with Crippen molar-refractivity contribution in [2.45, 2.75) is 49.2 Å². The van der Waals surface area contributed by atoms with E-state index in [1.807, 2.05) is 18.2 Å². The van der Waals surface area contributed by atoms with Gasteiger partial charge in [0, 0.05) is 17.0 Å². The van der Waals surface area contributed by atoms with Crippen LogP contribution in [-0.4, -0.2) is 41.1 Å². The van der Waals surface area contributed by atoms with E-state index in [0.717, 1.165) is 38.6 Å². The molecule has 2 fully saturated rings. The minimum Gasteiger partial charge on any atom is -0.387 e. The van der Waals surface area contributed by atoms with Crippen LogP contribution < -0.4 is 5.73 Å². The number of likely N-dealkylation sites (N-methyl/N-ethyl adjacent to an activating group) is 1. The van der Waals surface area contributed by atoms with Gasteiger partial charge in [0.2, 0.25) is 5.91 Å². The van der Waals surface area contributed by atoms with Gasteiger partial charge in [-0.1, -0.05) is 6.07 Å². The third-order valence-electron chi connectivity index (χ3n) is 6.29. The molecule has 4 heteroatoms. The smallest absolute Gasteiger partial charge is 0.248 e. The molecule has 0 radical (unpaired) electrons.